The van der Waals surface area contributed by atoms with Crippen molar-refractivity contribution in [3.63, 3.8) is 0 Å². The molecule has 0 unspecified atom stereocenters. The minimum absolute atomic E-state index is 0.234. The summed E-state index contributed by atoms with van der Waals surface area (Å²) in [7, 11) is 1.60. The van der Waals surface area contributed by atoms with Gasteiger partial charge < -0.3 is 13.9 Å². The first-order chi connectivity index (χ1) is 13.0. The molecule has 6 nitrogen and oxygen atoms in total. The first-order valence-corrected chi connectivity index (χ1v) is 8.48. The van der Waals surface area contributed by atoms with Gasteiger partial charge in [0.15, 0.2) is 6.10 Å². The monoisotopic (exact) mass is 364 g/mol. The molecule has 0 aliphatic carbocycles. The van der Waals surface area contributed by atoms with Gasteiger partial charge in [0, 0.05) is 11.6 Å². The van der Waals surface area contributed by atoms with Crippen molar-refractivity contribution in [2.45, 2.75) is 20.0 Å². The predicted molar refractivity (Wildman–Crippen MR) is 101 cm³/mol. The fourth-order valence-electron chi connectivity index (χ4n) is 2.45. The maximum atomic E-state index is 12.0. The zero-order valence-corrected chi connectivity index (χ0v) is 15.4. The van der Waals surface area contributed by atoms with Crippen molar-refractivity contribution in [1.82, 2.24) is 10.2 Å². The van der Waals surface area contributed by atoms with Crippen molar-refractivity contribution in [2.75, 3.05) is 7.11 Å². The zero-order chi connectivity index (χ0) is 19.2. The topological polar surface area (TPSA) is 74.5 Å². The van der Waals surface area contributed by atoms with Crippen LogP contribution in [0.2, 0.25) is 0 Å². The van der Waals surface area contributed by atoms with Crippen LogP contribution in [0.4, 0.5) is 0 Å². The van der Waals surface area contributed by atoms with Gasteiger partial charge in [-0.3, -0.25) is 0 Å². The van der Waals surface area contributed by atoms with Gasteiger partial charge in [-0.15, -0.1) is 10.2 Å². The number of esters is 1. The van der Waals surface area contributed by atoms with Crippen molar-refractivity contribution in [1.29, 1.82) is 0 Å². The second kappa shape index (κ2) is 8.31. The lowest BCUT2D eigenvalue weighted by molar-refractivity contribution is -0.143. The van der Waals surface area contributed by atoms with Crippen LogP contribution in [0.25, 0.3) is 17.5 Å². The number of hydrogen-bond donors (Lipinski definition) is 0. The molecular weight excluding hydrogens is 344 g/mol. The van der Waals surface area contributed by atoms with Gasteiger partial charge in [0.05, 0.1) is 7.11 Å². The highest BCUT2D eigenvalue weighted by Crippen LogP contribution is 2.24. The standard InChI is InChI=1S/C21H20N2O4/c1-14-5-4-6-16(13-14)7-12-19(24)26-15(2)20-22-23-21(27-20)17-8-10-18(25-3)11-9-17/h4-13,15H,1-3H3/b12-7+/t15-/m1/s1. The number of aromatic nitrogens is 2. The number of carbonyl (C=O) groups is 1. The molecule has 0 aliphatic heterocycles. The largest absolute Gasteiger partial charge is 0.497 e. The molecule has 0 radical (unpaired) electrons. The highest BCUT2D eigenvalue weighted by molar-refractivity contribution is 5.87. The number of ether oxygens (including phenoxy) is 2. The van der Waals surface area contributed by atoms with Crippen LogP contribution in [0.15, 0.2) is 59.0 Å². The number of aryl methyl sites for hydroxylation is 1. The molecule has 3 aromatic rings. The Morgan fingerprint density at radius 2 is 1.93 bits per heavy atom. The second-order valence-electron chi connectivity index (χ2n) is 6.00. The summed E-state index contributed by atoms with van der Waals surface area (Å²) in [5, 5.41) is 7.98. The highest BCUT2D eigenvalue weighted by atomic mass is 16.6. The van der Waals surface area contributed by atoms with Gasteiger partial charge >= 0.3 is 5.97 Å². The van der Waals surface area contributed by atoms with Crippen LogP contribution < -0.4 is 4.74 Å². The van der Waals surface area contributed by atoms with Crippen molar-refractivity contribution >= 4 is 12.0 Å². The number of methoxy groups -OCH3 is 1. The Labute approximate surface area is 157 Å². The van der Waals surface area contributed by atoms with Crippen molar-refractivity contribution in [3.8, 4) is 17.2 Å². The van der Waals surface area contributed by atoms with E-state index in [4.69, 9.17) is 13.9 Å². The van der Waals surface area contributed by atoms with Crippen LogP contribution in [0.3, 0.4) is 0 Å². The molecule has 138 valence electrons. The van der Waals surface area contributed by atoms with Gasteiger partial charge in [0.25, 0.3) is 5.89 Å². The molecule has 6 heteroatoms. The van der Waals surface area contributed by atoms with Crippen molar-refractivity contribution < 1.29 is 18.7 Å². The van der Waals surface area contributed by atoms with E-state index in [0.29, 0.717) is 5.89 Å². The van der Waals surface area contributed by atoms with Crippen LogP contribution in [0.5, 0.6) is 5.75 Å². The van der Waals surface area contributed by atoms with E-state index in [1.165, 1.54) is 6.08 Å². The van der Waals surface area contributed by atoms with E-state index in [1.54, 1.807) is 32.2 Å². The van der Waals surface area contributed by atoms with Gasteiger partial charge in [-0.25, -0.2) is 4.79 Å². The normalized spacial score (nSPS) is 12.1. The predicted octanol–water partition coefficient (Wildman–Crippen LogP) is 4.37. The van der Waals surface area contributed by atoms with Crippen LogP contribution in [0, 0.1) is 6.92 Å². The second-order valence-corrected chi connectivity index (χ2v) is 6.00. The molecule has 2 aromatic carbocycles. The Bertz CT molecular complexity index is 945. The van der Waals surface area contributed by atoms with Crippen LogP contribution >= 0.6 is 0 Å². The Balaban J connectivity index is 1.63. The summed E-state index contributed by atoms with van der Waals surface area (Å²) >= 11 is 0. The van der Waals surface area contributed by atoms with E-state index in [0.717, 1.165) is 22.4 Å². The Hall–Kier alpha value is -3.41. The highest BCUT2D eigenvalue weighted by Gasteiger charge is 2.18. The molecule has 1 atom stereocenters. The molecule has 0 N–H and O–H groups in total. The number of hydrogen-bond acceptors (Lipinski definition) is 6. The lowest BCUT2D eigenvalue weighted by Gasteiger charge is -2.06. The number of nitrogens with zero attached hydrogens (tertiary/aromatic N) is 2. The summed E-state index contributed by atoms with van der Waals surface area (Å²) in [6, 6.07) is 15.1. The molecule has 0 fully saturated rings. The summed E-state index contributed by atoms with van der Waals surface area (Å²) in [5.41, 5.74) is 2.81. The third-order valence-electron chi connectivity index (χ3n) is 3.87. The third kappa shape index (κ3) is 4.82. The Kier molecular flexibility index (Phi) is 5.66. The molecule has 27 heavy (non-hydrogen) atoms. The molecule has 0 amide bonds. The molecule has 3 rings (SSSR count). The van der Waals surface area contributed by atoms with E-state index in [1.807, 2.05) is 43.3 Å². The smallest absolute Gasteiger partial charge is 0.331 e. The van der Waals surface area contributed by atoms with E-state index in [2.05, 4.69) is 10.2 Å². The van der Waals surface area contributed by atoms with Gasteiger partial charge in [-0.05, 0) is 49.8 Å². The molecule has 1 aromatic heterocycles. The van der Waals surface area contributed by atoms with E-state index in [9.17, 15) is 4.79 Å². The average Bonchev–Trinajstić information content (AvgIpc) is 3.17. The Morgan fingerprint density at radius 3 is 2.63 bits per heavy atom. The van der Waals surface area contributed by atoms with E-state index >= 15 is 0 Å². The zero-order valence-electron chi connectivity index (χ0n) is 15.4. The van der Waals surface area contributed by atoms with E-state index < -0.39 is 12.1 Å². The average molecular weight is 364 g/mol. The SMILES string of the molecule is COc1ccc(-c2nnc([C@@H](C)OC(=O)/C=C/c3cccc(C)c3)o2)cc1. The summed E-state index contributed by atoms with van der Waals surface area (Å²) in [6.45, 7) is 3.68. The first-order valence-electron chi connectivity index (χ1n) is 8.48. The third-order valence-corrected chi connectivity index (χ3v) is 3.87. The quantitative estimate of drug-likeness (QED) is 0.477. The maximum absolute atomic E-state index is 12.0. The molecule has 0 saturated carbocycles. The lowest BCUT2D eigenvalue weighted by Crippen LogP contribution is -2.06. The fourth-order valence-corrected chi connectivity index (χ4v) is 2.45. The van der Waals surface area contributed by atoms with Crippen LogP contribution in [-0.4, -0.2) is 23.3 Å². The van der Waals surface area contributed by atoms with E-state index in [-0.39, 0.29) is 5.89 Å². The Morgan fingerprint density at radius 1 is 1.15 bits per heavy atom. The van der Waals surface area contributed by atoms with Crippen LogP contribution in [0.1, 0.15) is 30.0 Å². The molecular formula is C21H20N2O4. The minimum Gasteiger partial charge on any atom is -0.497 e. The molecule has 0 aliphatic rings. The fraction of sp³-hybridized carbons (Fsp3) is 0.190. The van der Waals surface area contributed by atoms with Gasteiger partial charge in [-0.2, -0.15) is 0 Å². The van der Waals surface area contributed by atoms with Gasteiger partial charge in [-0.1, -0.05) is 29.8 Å². The van der Waals surface area contributed by atoms with Gasteiger partial charge in [0.2, 0.25) is 5.89 Å². The minimum atomic E-state index is -0.654. The summed E-state index contributed by atoms with van der Waals surface area (Å²) in [5.74, 6) is 0.846. The number of benzene rings is 2. The van der Waals surface area contributed by atoms with Crippen LogP contribution in [-0.2, 0) is 9.53 Å². The maximum Gasteiger partial charge on any atom is 0.331 e. The summed E-state index contributed by atoms with van der Waals surface area (Å²) in [6.07, 6.45) is 2.43. The molecule has 0 bridgehead atoms. The lowest BCUT2D eigenvalue weighted by atomic mass is 10.1. The first kappa shape index (κ1) is 18.4. The summed E-state index contributed by atoms with van der Waals surface area (Å²) in [4.78, 5) is 12.0. The van der Waals surface area contributed by atoms with Crippen molar-refractivity contribution in [2.24, 2.45) is 0 Å². The van der Waals surface area contributed by atoms with Crippen molar-refractivity contribution in [3.05, 3.63) is 71.6 Å². The van der Waals surface area contributed by atoms with Gasteiger partial charge in [0.1, 0.15) is 5.75 Å². The molecule has 0 spiro atoms. The number of carbonyl (C=O) groups excluding carboxylic acids is 1. The number of rotatable bonds is 6. The summed E-state index contributed by atoms with van der Waals surface area (Å²) < 4.78 is 16.1. The molecule has 0 saturated heterocycles. The molecule has 1 heterocycles.